The molecule has 112 valence electrons. The van der Waals surface area contributed by atoms with Gasteiger partial charge in [0.15, 0.2) is 11.6 Å². The largest absolute Gasteiger partial charge is 0.494 e. The molecule has 0 aliphatic carbocycles. The highest BCUT2D eigenvalue weighted by molar-refractivity contribution is 7.89. The lowest BCUT2D eigenvalue weighted by Gasteiger charge is -2.31. The van der Waals surface area contributed by atoms with Gasteiger partial charge in [0.1, 0.15) is 0 Å². The first-order chi connectivity index (χ1) is 9.48. The van der Waals surface area contributed by atoms with Crippen LogP contribution in [0, 0.1) is 5.82 Å². The van der Waals surface area contributed by atoms with Gasteiger partial charge in [-0.15, -0.1) is 0 Å². The van der Waals surface area contributed by atoms with Crippen LogP contribution in [0.15, 0.2) is 23.1 Å². The summed E-state index contributed by atoms with van der Waals surface area (Å²) in [5.74, 6) is -0.661. The smallest absolute Gasteiger partial charge is 0.243 e. The molecule has 0 unspecified atom stereocenters. The van der Waals surface area contributed by atoms with Crippen LogP contribution in [0.4, 0.5) is 4.39 Å². The predicted molar refractivity (Wildman–Crippen MR) is 71.7 cm³/mol. The Balaban J connectivity index is 2.28. The van der Waals surface area contributed by atoms with Crippen molar-refractivity contribution in [2.45, 2.75) is 24.3 Å². The van der Waals surface area contributed by atoms with E-state index in [-0.39, 0.29) is 23.3 Å². The Kier molecular flexibility index (Phi) is 4.62. The molecule has 1 heterocycles. The molecule has 0 N–H and O–H groups in total. The first-order valence-corrected chi connectivity index (χ1v) is 7.88. The highest BCUT2D eigenvalue weighted by Crippen LogP contribution is 2.24. The van der Waals surface area contributed by atoms with E-state index >= 15 is 0 Å². The number of nitrogens with zero attached hydrogens (tertiary/aromatic N) is 1. The normalized spacial score (nSPS) is 20.9. The summed E-state index contributed by atoms with van der Waals surface area (Å²) in [6.07, 6.45) is 0.629. The maximum absolute atomic E-state index is 13.7. The van der Waals surface area contributed by atoms with E-state index in [0.717, 1.165) is 12.5 Å². The molecule has 2 rings (SSSR count). The van der Waals surface area contributed by atoms with Crippen LogP contribution in [0.25, 0.3) is 0 Å². The lowest BCUT2D eigenvalue weighted by atomic mass is 10.2. The van der Waals surface area contributed by atoms with Gasteiger partial charge in [-0.25, -0.2) is 12.8 Å². The Morgan fingerprint density at radius 1 is 1.50 bits per heavy atom. The Hall–Kier alpha value is -1.18. The van der Waals surface area contributed by atoms with Gasteiger partial charge in [-0.1, -0.05) is 6.92 Å². The second-order valence-electron chi connectivity index (χ2n) is 4.56. The van der Waals surface area contributed by atoms with E-state index in [9.17, 15) is 12.8 Å². The molecule has 0 aromatic heterocycles. The molecule has 1 fully saturated rings. The van der Waals surface area contributed by atoms with Crippen LogP contribution in [0.5, 0.6) is 5.75 Å². The molecule has 20 heavy (non-hydrogen) atoms. The van der Waals surface area contributed by atoms with Crippen molar-refractivity contribution >= 4 is 10.0 Å². The fraction of sp³-hybridized carbons (Fsp3) is 0.538. The van der Waals surface area contributed by atoms with Crippen molar-refractivity contribution in [2.24, 2.45) is 0 Å². The second kappa shape index (κ2) is 6.07. The minimum atomic E-state index is -3.69. The molecule has 1 aromatic carbocycles. The molecule has 1 aliphatic rings. The molecule has 0 amide bonds. The van der Waals surface area contributed by atoms with Gasteiger partial charge in [0, 0.05) is 13.1 Å². The van der Waals surface area contributed by atoms with Gasteiger partial charge in [0.25, 0.3) is 0 Å². The minimum Gasteiger partial charge on any atom is -0.494 e. The van der Waals surface area contributed by atoms with Crippen molar-refractivity contribution in [3.8, 4) is 5.75 Å². The van der Waals surface area contributed by atoms with Gasteiger partial charge in [-0.2, -0.15) is 4.31 Å². The fourth-order valence-electron chi connectivity index (χ4n) is 2.11. The zero-order chi connectivity index (χ0) is 14.8. The van der Waals surface area contributed by atoms with Gasteiger partial charge in [-0.3, -0.25) is 0 Å². The quantitative estimate of drug-likeness (QED) is 0.848. The Morgan fingerprint density at radius 3 is 2.85 bits per heavy atom. The third-order valence-corrected chi connectivity index (χ3v) is 5.18. The number of ether oxygens (including phenoxy) is 2. The lowest BCUT2D eigenvalue weighted by Crippen LogP contribution is -2.45. The molecule has 1 aliphatic heterocycles. The molecule has 7 heteroatoms. The van der Waals surface area contributed by atoms with E-state index in [0.29, 0.717) is 13.2 Å². The first kappa shape index (κ1) is 15.2. The molecule has 1 atom stereocenters. The third kappa shape index (κ3) is 2.94. The Morgan fingerprint density at radius 2 is 2.25 bits per heavy atom. The van der Waals surface area contributed by atoms with E-state index < -0.39 is 15.8 Å². The van der Waals surface area contributed by atoms with Crippen LogP contribution in [0.3, 0.4) is 0 Å². The summed E-state index contributed by atoms with van der Waals surface area (Å²) < 4.78 is 50.2. The van der Waals surface area contributed by atoms with E-state index in [1.807, 2.05) is 6.92 Å². The molecule has 0 radical (unpaired) electrons. The number of hydrogen-bond donors (Lipinski definition) is 0. The van der Waals surface area contributed by atoms with Crippen molar-refractivity contribution in [3.05, 3.63) is 24.0 Å². The summed E-state index contributed by atoms with van der Waals surface area (Å²) >= 11 is 0. The van der Waals surface area contributed by atoms with E-state index in [2.05, 4.69) is 0 Å². The van der Waals surface area contributed by atoms with E-state index in [4.69, 9.17) is 9.47 Å². The van der Waals surface area contributed by atoms with Crippen molar-refractivity contribution in [1.29, 1.82) is 0 Å². The third-order valence-electron chi connectivity index (χ3n) is 3.32. The highest BCUT2D eigenvalue weighted by atomic mass is 32.2. The van der Waals surface area contributed by atoms with Crippen molar-refractivity contribution in [2.75, 3.05) is 26.8 Å². The molecular weight excluding hydrogens is 285 g/mol. The summed E-state index contributed by atoms with van der Waals surface area (Å²) in [6, 6.07) is 3.66. The predicted octanol–water partition coefficient (Wildman–Crippen LogP) is 1.63. The summed E-state index contributed by atoms with van der Waals surface area (Å²) in [5, 5.41) is 0. The Bertz CT molecular complexity index is 576. The van der Waals surface area contributed by atoms with Crippen LogP contribution in [0.1, 0.15) is 13.3 Å². The summed E-state index contributed by atoms with van der Waals surface area (Å²) in [6.45, 7) is 2.88. The molecule has 0 bridgehead atoms. The van der Waals surface area contributed by atoms with Crippen LogP contribution in [-0.4, -0.2) is 45.6 Å². The minimum absolute atomic E-state index is 0.0253. The van der Waals surface area contributed by atoms with Crippen LogP contribution in [-0.2, 0) is 14.8 Å². The number of methoxy groups -OCH3 is 1. The number of benzene rings is 1. The van der Waals surface area contributed by atoms with Crippen molar-refractivity contribution in [3.63, 3.8) is 0 Å². The molecule has 0 spiro atoms. The van der Waals surface area contributed by atoms with Crippen molar-refractivity contribution in [1.82, 2.24) is 4.31 Å². The number of halogens is 1. The van der Waals surface area contributed by atoms with Crippen LogP contribution < -0.4 is 4.74 Å². The molecule has 5 nitrogen and oxygen atoms in total. The summed E-state index contributed by atoms with van der Waals surface area (Å²) in [4.78, 5) is -0.0625. The van der Waals surface area contributed by atoms with Crippen LogP contribution >= 0.6 is 0 Å². The maximum Gasteiger partial charge on any atom is 0.243 e. The SMILES string of the molecule is CC[C@H]1CN(S(=O)(=O)c2ccc(OC)c(F)c2)CCO1. The van der Waals surface area contributed by atoms with Gasteiger partial charge >= 0.3 is 0 Å². The molecule has 0 saturated carbocycles. The highest BCUT2D eigenvalue weighted by Gasteiger charge is 2.30. The zero-order valence-corrected chi connectivity index (χ0v) is 12.3. The van der Waals surface area contributed by atoms with E-state index in [1.54, 1.807) is 0 Å². The molecule has 1 saturated heterocycles. The van der Waals surface area contributed by atoms with Gasteiger partial charge < -0.3 is 9.47 Å². The summed E-state index contributed by atoms with van der Waals surface area (Å²) in [5.41, 5.74) is 0. The average molecular weight is 303 g/mol. The van der Waals surface area contributed by atoms with Gasteiger partial charge in [0.2, 0.25) is 10.0 Å². The second-order valence-corrected chi connectivity index (χ2v) is 6.50. The fourth-order valence-corrected chi connectivity index (χ4v) is 3.58. The Labute approximate surface area is 118 Å². The number of rotatable bonds is 4. The monoisotopic (exact) mass is 303 g/mol. The number of morpholine rings is 1. The summed E-state index contributed by atoms with van der Waals surface area (Å²) in [7, 11) is -2.36. The van der Waals surface area contributed by atoms with Crippen LogP contribution in [0.2, 0.25) is 0 Å². The first-order valence-electron chi connectivity index (χ1n) is 6.44. The van der Waals surface area contributed by atoms with Gasteiger partial charge in [-0.05, 0) is 24.6 Å². The zero-order valence-electron chi connectivity index (χ0n) is 11.5. The molecule has 1 aromatic rings. The number of hydrogen-bond acceptors (Lipinski definition) is 4. The standard InChI is InChI=1S/C13H18FNO4S/c1-3-10-9-15(6-7-19-10)20(16,17)11-4-5-13(18-2)12(14)8-11/h4-5,8,10H,3,6-7,9H2,1-2H3/t10-/m0/s1. The maximum atomic E-state index is 13.7. The topological polar surface area (TPSA) is 55.8 Å². The van der Waals surface area contributed by atoms with Crippen molar-refractivity contribution < 1.29 is 22.3 Å². The average Bonchev–Trinajstić information content (AvgIpc) is 2.47. The number of sulfonamides is 1. The van der Waals surface area contributed by atoms with Gasteiger partial charge in [0.05, 0.1) is 24.7 Å². The lowest BCUT2D eigenvalue weighted by molar-refractivity contribution is -0.00278. The van der Waals surface area contributed by atoms with E-state index in [1.165, 1.54) is 23.5 Å². The molecular formula is C13H18FNO4S.